The smallest absolute Gasteiger partial charge is 0.229 e. The fourth-order valence-electron chi connectivity index (χ4n) is 1.18. The third-order valence-electron chi connectivity index (χ3n) is 1.89. The molecule has 0 heterocycles. The summed E-state index contributed by atoms with van der Waals surface area (Å²) in [5, 5.41) is 12.7. The first-order valence-electron chi connectivity index (χ1n) is 4.97. The summed E-state index contributed by atoms with van der Waals surface area (Å²) < 4.78 is 24.2. The van der Waals surface area contributed by atoms with E-state index in [0.29, 0.717) is 12.2 Å². The standard InChI is InChI=1S/C11H16N2O3S/c1-8(2)7-12-9-4-5-10(11(14)6-9)13-17(3,15)16/h4-6,12-14H,1,7H2,2-3H3. The van der Waals surface area contributed by atoms with Crippen molar-refractivity contribution in [2.24, 2.45) is 0 Å². The summed E-state index contributed by atoms with van der Waals surface area (Å²) in [6, 6.07) is 4.63. The maximum atomic E-state index is 11.0. The van der Waals surface area contributed by atoms with Crippen molar-refractivity contribution in [1.82, 2.24) is 0 Å². The lowest BCUT2D eigenvalue weighted by molar-refractivity contribution is 0.478. The van der Waals surface area contributed by atoms with E-state index in [-0.39, 0.29) is 11.4 Å². The molecule has 0 saturated carbocycles. The fourth-order valence-corrected chi connectivity index (χ4v) is 1.75. The molecule has 1 aromatic rings. The maximum absolute atomic E-state index is 11.0. The molecule has 0 fully saturated rings. The van der Waals surface area contributed by atoms with Gasteiger partial charge < -0.3 is 10.4 Å². The van der Waals surface area contributed by atoms with Crippen molar-refractivity contribution < 1.29 is 13.5 Å². The number of rotatable bonds is 5. The Labute approximate surface area is 101 Å². The zero-order chi connectivity index (χ0) is 13.1. The van der Waals surface area contributed by atoms with Gasteiger partial charge in [0.1, 0.15) is 5.75 Å². The molecule has 17 heavy (non-hydrogen) atoms. The molecule has 0 amide bonds. The van der Waals surface area contributed by atoms with Crippen molar-refractivity contribution in [3.63, 3.8) is 0 Å². The summed E-state index contributed by atoms with van der Waals surface area (Å²) >= 11 is 0. The van der Waals surface area contributed by atoms with Crippen LogP contribution in [0.15, 0.2) is 30.4 Å². The molecular formula is C11H16N2O3S. The second-order valence-electron chi connectivity index (χ2n) is 3.92. The first kappa shape index (κ1) is 13.4. The Balaban J connectivity index is 2.83. The quantitative estimate of drug-likeness (QED) is 0.554. The van der Waals surface area contributed by atoms with Crippen LogP contribution in [0.1, 0.15) is 6.92 Å². The molecule has 0 unspecified atom stereocenters. The lowest BCUT2D eigenvalue weighted by atomic mass is 10.2. The van der Waals surface area contributed by atoms with Gasteiger partial charge in [-0.3, -0.25) is 4.72 Å². The Kier molecular flexibility index (Phi) is 4.01. The van der Waals surface area contributed by atoms with E-state index < -0.39 is 10.0 Å². The second-order valence-corrected chi connectivity index (χ2v) is 5.67. The van der Waals surface area contributed by atoms with Crippen LogP contribution in [0.4, 0.5) is 11.4 Å². The van der Waals surface area contributed by atoms with Gasteiger partial charge in [0, 0.05) is 18.3 Å². The normalized spacial score (nSPS) is 10.9. The van der Waals surface area contributed by atoms with Gasteiger partial charge in [-0.1, -0.05) is 12.2 Å². The number of phenols is 1. The molecule has 1 rings (SSSR count). The van der Waals surface area contributed by atoms with Crippen LogP contribution in [-0.4, -0.2) is 26.3 Å². The lowest BCUT2D eigenvalue weighted by Crippen LogP contribution is -2.10. The molecule has 0 aliphatic carbocycles. The highest BCUT2D eigenvalue weighted by atomic mass is 32.2. The van der Waals surface area contributed by atoms with E-state index in [2.05, 4.69) is 16.6 Å². The highest BCUT2D eigenvalue weighted by molar-refractivity contribution is 7.92. The van der Waals surface area contributed by atoms with E-state index in [1.165, 1.54) is 12.1 Å². The minimum absolute atomic E-state index is 0.123. The Morgan fingerprint density at radius 3 is 2.59 bits per heavy atom. The number of hydrogen-bond donors (Lipinski definition) is 3. The second kappa shape index (κ2) is 5.09. The summed E-state index contributed by atoms with van der Waals surface area (Å²) in [5.74, 6) is -0.123. The van der Waals surface area contributed by atoms with Gasteiger partial charge in [-0.25, -0.2) is 8.42 Å². The SMILES string of the molecule is C=C(C)CNc1ccc(NS(C)(=O)=O)c(O)c1. The third-order valence-corrected chi connectivity index (χ3v) is 2.48. The van der Waals surface area contributed by atoms with Gasteiger partial charge >= 0.3 is 0 Å². The summed E-state index contributed by atoms with van der Waals surface area (Å²) in [6.07, 6.45) is 1.03. The van der Waals surface area contributed by atoms with Crippen LogP contribution in [0.2, 0.25) is 0 Å². The van der Waals surface area contributed by atoms with Crippen LogP contribution in [0.5, 0.6) is 5.75 Å². The van der Waals surface area contributed by atoms with Crippen LogP contribution >= 0.6 is 0 Å². The van der Waals surface area contributed by atoms with Crippen molar-refractivity contribution in [3.05, 3.63) is 30.4 Å². The molecule has 5 nitrogen and oxygen atoms in total. The molecule has 0 radical (unpaired) electrons. The van der Waals surface area contributed by atoms with Gasteiger partial charge in [0.15, 0.2) is 0 Å². The summed E-state index contributed by atoms with van der Waals surface area (Å²) in [4.78, 5) is 0. The first-order valence-corrected chi connectivity index (χ1v) is 6.86. The number of sulfonamides is 1. The van der Waals surface area contributed by atoms with Gasteiger partial charge in [-0.2, -0.15) is 0 Å². The van der Waals surface area contributed by atoms with Gasteiger partial charge in [0.05, 0.1) is 11.9 Å². The molecule has 0 bridgehead atoms. The topological polar surface area (TPSA) is 78.4 Å². The zero-order valence-corrected chi connectivity index (χ0v) is 10.6. The largest absolute Gasteiger partial charge is 0.506 e. The van der Waals surface area contributed by atoms with Crippen molar-refractivity contribution in [2.45, 2.75) is 6.92 Å². The Hall–Kier alpha value is -1.69. The van der Waals surface area contributed by atoms with E-state index in [4.69, 9.17) is 0 Å². The Morgan fingerprint density at radius 2 is 2.12 bits per heavy atom. The molecule has 6 heteroatoms. The highest BCUT2D eigenvalue weighted by Gasteiger charge is 2.07. The number of anilines is 2. The van der Waals surface area contributed by atoms with Crippen molar-refractivity contribution in [2.75, 3.05) is 22.8 Å². The number of phenolic OH excluding ortho intramolecular Hbond substituents is 1. The van der Waals surface area contributed by atoms with Crippen molar-refractivity contribution in [1.29, 1.82) is 0 Å². The van der Waals surface area contributed by atoms with Crippen LogP contribution < -0.4 is 10.0 Å². The van der Waals surface area contributed by atoms with Gasteiger partial charge in [-0.15, -0.1) is 0 Å². The molecular weight excluding hydrogens is 240 g/mol. The number of aromatic hydroxyl groups is 1. The molecule has 0 aliphatic heterocycles. The fraction of sp³-hybridized carbons (Fsp3) is 0.273. The predicted octanol–water partition coefficient (Wildman–Crippen LogP) is 1.75. The number of nitrogens with one attached hydrogen (secondary N) is 2. The van der Waals surface area contributed by atoms with Crippen molar-refractivity contribution in [3.8, 4) is 5.75 Å². The average molecular weight is 256 g/mol. The molecule has 0 aliphatic rings. The van der Waals surface area contributed by atoms with E-state index in [1.807, 2.05) is 6.92 Å². The Morgan fingerprint density at radius 1 is 1.47 bits per heavy atom. The van der Waals surface area contributed by atoms with Crippen molar-refractivity contribution >= 4 is 21.4 Å². The molecule has 1 aromatic carbocycles. The van der Waals surface area contributed by atoms with Crippen LogP contribution in [0.25, 0.3) is 0 Å². The Bertz CT molecular complexity index is 524. The molecule has 3 N–H and O–H groups in total. The molecule has 0 saturated heterocycles. The molecule has 94 valence electrons. The van der Waals surface area contributed by atoms with Gasteiger partial charge in [0.25, 0.3) is 0 Å². The summed E-state index contributed by atoms with van der Waals surface area (Å²) in [5.41, 5.74) is 1.82. The monoisotopic (exact) mass is 256 g/mol. The molecule has 0 spiro atoms. The average Bonchev–Trinajstić information content (AvgIpc) is 2.17. The predicted molar refractivity (Wildman–Crippen MR) is 69.9 cm³/mol. The minimum Gasteiger partial charge on any atom is -0.506 e. The summed E-state index contributed by atoms with van der Waals surface area (Å²) in [7, 11) is -3.38. The van der Waals surface area contributed by atoms with E-state index in [1.54, 1.807) is 6.07 Å². The molecule has 0 atom stereocenters. The van der Waals surface area contributed by atoms with Crippen LogP contribution in [0, 0.1) is 0 Å². The lowest BCUT2D eigenvalue weighted by Gasteiger charge is -2.10. The summed E-state index contributed by atoms with van der Waals surface area (Å²) in [6.45, 7) is 6.22. The van der Waals surface area contributed by atoms with Crippen LogP contribution in [-0.2, 0) is 10.0 Å². The van der Waals surface area contributed by atoms with E-state index in [9.17, 15) is 13.5 Å². The van der Waals surface area contributed by atoms with Gasteiger partial charge in [0.2, 0.25) is 10.0 Å². The highest BCUT2D eigenvalue weighted by Crippen LogP contribution is 2.27. The van der Waals surface area contributed by atoms with Gasteiger partial charge in [-0.05, 0) is 19.1 Å². The number of hydrogen-bond acceptors (Lipinski definition) is 4. The van der Waals surface area contributed by atoms with E-state index in [0.717, 1.165) is 11.8 Å². The maximum Gasteiger partial charge on any atom is 0.229 e. The third kappa shape index (κ3) is 4.78. The molecule has 0 aromatic heterocycles. The van der Waals surface area contributed by atoms with Crippen LogP contribution in [0.3, 0.4) is 0 Å². The first-order chi connectivity index (χ1) is 7.78. The zero-order valence-electron chi connectivity index (χ0n) is 9.82. The minimum atomic E-state index is -3.38. The number of benzene rings is 1. The van der Waals surface area contributed by atoms with E-state index >= 15 is 0 Å².